The molecule has 7 heteroatoms. The van der Waals surface area contributed by atoms with Gasteiger partial charge >= 0.3 is 12.1 Å². The Morgan fingerprint density at radius 1 is 0.950 bits per heavy atom. The molecule has 1 N–H and O–H groups in total. The maximum Gasteiger partial charge on any atom is 0.420 e. The van der Waals surface area contributed by atoms with E-state index in [2.05, 4.69) is 26.1 Å². The molecule has 40 heavy (non-hydrogen) atoms. The van der Waals surface area contributed by atoms with Crippen LogP contribution in [0.5, 0.6) is 5.75 Å². The quantitative estimate of drug-likeness (QED) is 0.345. The number of hydrogen-bond donors (Lipinski definition) is 1. The van der Waals surface area contributed by atoms with Crippen molar-refractivity contribution < 1.29 is 27.4 Å². The van der Waals surface area contributed by atoms with Gasteiger partial charge in [0.15, 0.2) is 0 Å². The molecule has 0 aliphatic heterocycles. The molecule has 220 valence electrons. The minimum atomic E-state index is -4.51. The van der Waals surface area contributed by atoms with Gasteiger partial charge in [0, 0.05) is 12.1 Å². The van der Waals surface area contributed by atoms with Crippen LogP contribution in [0.4, 0.5) is 13.2 Å². The summed E-state index contributed by atoms with van der Waals surface area (Å²) in [6.45, 7) is 9.53. The van der Waals surface area contributed by atoms with Crippen molar-refractivity contribution in [3.63, 3.8) is 0 Å². The molecule has 0 radical (unpaired) electrons. The molecule has 2 bridgehead atoms. The highest BCUT2D eigenvalue weighted by Gasteiger charge is 2.53. The van der Waals surface area contributed by atoms with Gasteiger partial charge < -0.3 is 14.8 Å². The van der Waals surface area contributed by atoms with E-state index in [-0.39, 0.29) is 39.6 Å². The van der Waals surface area contributed by atoms with Gasteiger partial charge in [0.2, 0.25) is 0 Å². The van der Waals surface area contributed by atoms with Gasteiger partial charge in [-0.15, -0.1) is 0 Å². The van der Waals surface area contributed by atoms with Crippen molar-refractivity contribution in [3.05, 3.63) is 41.5 Å². The van der Waals surface area contributed by atoms with E-state index in [1.807, 2.05) is 13.0 Å². The molecule has 2 aromatic rings. The Labute approximate surface area is 236 Å². The van der Waals surface area contributed by atoms with Gasteiger partial charge in [-0.2, -0.15) is 13.2 Å². The summed E-state index contributed by atoms with van der Waals surface area (Å²) in [7, 11) is 0. The molecule has 0 spiro atoms. The third kappa shape index (κ3) is 5.86. The van der Waals surface area contributed by atoms with E-state index in [1.165, 1.54) is 6.07 Å². The molecule has 0 heterocycles. The lowest BCUT2D eigenvalue weighted by Crippen LogP contribution is -2.56. The molecule has 6 rings (SSSR count). The van der Waals surface area contributed by atoms with Crippen LogP contribution in [0.2, 0.25) is 0 Å². The maximum absolute atomic E-state index is 14.4. The fourth-order valence-corrected chi connectivity index (χ4v) is 7.42. The molecule has 0 saturated heterocycles. The van der Waals surface area contributed by atoms with E-state index in [4.69, 9.17) is 9.47 Å². The smallest absolute Gasteiger partial charge is 0.420 e. The number of carbonyl (C=O) groups is 1. The predicted molar refractivity (Wildman–Crippen MR) is 151 cm³/mol. The van der Waals surface area contributed by atoms with Crippen LogP contribution in [-0.4, -0.2) is 24.2 Å². The highest BCUT2D eigenvalue weighted by atomic mass is 19.4. The second kappa shape index (κ2) is 10.8. The molecule has 4 fully saturated rings. The first-order valence-corrected chi connectivity index (χ1v) is 15.1. The number of halogens is 3. The number of benzene rings is 2. The number of fused-ring (bicyclic) bond motifs is 4. The molecule has 0 atom stereocenters. The molecule has 0 aromatic heterocycles. The van der Waals surface area contributed by atoms with Crippen LogP contribution in [-0.2, 0) is 22.3 Å². The normalized spacial score (nSPS) is 29.0. The van der Waals surface area contributed by atoms with Gasteiger partial charge in [0.05, 0.1) is 18.1 Å². The molecule has 4 aliphatic rings. The van der Waals surface area contributed by atoms with Crippen molar-refractivity contribution in [2.24, 2.45) is 16.7 Å². The minimum absolute atomic E-state index is 0.0238. The molecular formula is C33H44F3NO3. The van der Waals surface area contributed by atoms with Crippen molar-refractivity contribution in [2.45, 2.75) is 116 Å². The fraction of sp³-hybridized carbons (Fsp3) is 0.667. The number of rotatable bonds is 7. The third-order valence-electron chi connectivity index (χ3n) is 10.1. The van der Waals surface area contributed by atoms with E-state index in [0.717, 1.165) is 69.8 Å². The van der Waals surface area contributed by atoms with Crippen molar-refractivity contribution in [2.75, 3.05) is 6.61 Å². The fourth-order valence-electron chi connectivity index (χ4n) is 7.42. The van der Waals surface area contributed by atoms with E-state index < -0.39 is 11.7 Å². The summed E-state index contributed by atoms with van der Waals surface area (Å²) >= 11 is 0. The van der Waals surface area contributed by atoms with E-state index in [9.17, 15) is 18.0 Å². The van der Waals surface area contributed by atoms with Crippen LogP contribution in [0, 0.1) is 16.7 Å². The van der Waals surface area contributed by atoms with Crippen LogP contribution >= 0.6 is 0 Å². The summed E-state index contributed by atoms with van der Waals surface area (Å²) in [5, 5.41) is 4.47. The Morgan fingerprint density at radius 3 is 2.17 bits per heavy atom. The van der Waals surface area contributed by atoms with Gasteiger partial charge in [0.1, 0.15) is 11.3 Å². The first-order chi connectivity index (χ1) is 18.8. The van der Waals surface area contributed by atoms with Crippen LogP contribution < -0.4 is 10.1 Å². The lowest BCUT2D eigenvalue weighted by atomic mass is 9.57. The van der Waals surface area contributed by atoms with Gasteiger partial charge in [-0.05, 0) is 111 Å². The average molecular weight is 560 g/mol. The molecule has 0 amide bonds. The first-order valence-electron chi connectivity index (χ1n) is 15.1. The molecule has 2 aromatic carbocycles. The number of ether oxygens (including phenoxy) is 2. The zero-order valence-corrected chi connectivity index (χ0v) is 24.4. The maximum atomic E-state index is 14.4. The lowest BCUT2D eigenvalue weighted by Gasteiger charge is -2.52. The van der Waals surface area contributed by atoms with Gasteiger partial charge in [0.25, 0.3) is 0 Å². The molecule has 4 nitrogen and oxygen atoms in total. The second-order valence-electron chi connectivity index (χ2n) is 13.6. The lowest BCUT2D eigenvalue weighted by molar-refractivity contribution is -0.163. The Balaban J connectivity index is 1.28. The van der Waals surface area contributed by atoms with Crippen molar-refractivity contribution >= 4 is 16.7 Å². The largest absolute Gasteiger partial charge is 0.490 e. The summed E-state index contributed by atoms with van der Waals surface area (Å²) in [5.74, 6) is 0.456. The Kier molecular flexibility index (Phi) is 7.92. The minimum Gasteiger partial charge on any atom is -0.490 e. The zero-order chi connectivity index (χ0) is 28.8. The van der Waals surface area contributed by atoms with Crippen molar-refractivity contribution in [1.82, 2.24) is 5.32 Å². The summed E-state index contributed by atoms with van der Waals surface area (Å²) in [4.78, 5) is 12.5. The highest BCUT2D eigenvalue weighted by Crippen LogP contribution is 2.53. The number of hydrogen-bond acceptors (Lipinski definition) is 4. The first kappa shape index (κ1) is 29.2. The Hall–Kier alpha value is -2.28. The van der Waals surface area contributed by atoms with Crippen LogP contribution in [0.25, 0.3) is 10.8 Å². The SMILES string of the molecule is CCOC(=O)C12CCC(NCc3ccc4c(C(F)(F)F)c(OC5CCC(C(C)(C)C)CC5)ccc4c3)(CC1)CC2. The number of esters is 1. The monoisotopic (exact) mass is 559 g/mol. The summed E-state index contributed by atoms with van der Waals surface area (Å²) in [6, 6.07) is 8.53. The van der Waals surface area contributed by atoms with Crippen LogP contribution in [0.3, 0.4) is 0 Å². The van der Waals surface area contributed by atoms with Crippen molar-refractivity contribution in [3.8, 4) is 5.75 Å². The zero-order valence-electron chi connectivity index (χ0n) is 24.4. The average Bonchev–Trinajstić information content (AvgIpc) is 2.92. The van der Waals surface area contributed by atoms with E-state index in [0.29, 0.717) is 24.5 Å². The van der Waals surface area contributed by atoms with Crippen molar-refractivity contribution in [1.29, 1.82) is 0 Å². The molecule has 0 unspecified atom stereocenters. The van der Waals surface area contributed by atoms with Gasteiger partial charge in [-0.1, -0.05) is 39.0 Å². The number of alkyl halides is 3. The van der Waals surface area contributed by atoms with Crippen LogP contribution in [0.1, 0.15) is 103 Å². The van der Waals surface area contributed by atoms with E-state index >= 15 is 0 Å². The summed E-state index contributed by atoms with van der Waals surface area (Å²) in [6.07, 6.45) is 4.04. The molecule has 4 aliphatic carbocycles. The Morgan fingerprint density at radius 2 is 1.60 bits per heavy atom. The van der Waals surface area contributed by atoms with Crippen LogP contribution in [0.15, 0.2) is 30.3 Å². The molecular weight excluding hydrogens is 515 g/mol. The topological polar surface area (TPSA) is 47.6 Å². The predicted octanol–water partition coefficient (Wildman–Crippen LogP) is 8.59. The van der Waals surface area contributed by atoms with E-state index in [1.54, 1.807) is 18.2 Å². The number of nitrogens with one attached hydrogen (secondary N) is 1. The summed E-state index contributed by atoms with van der Waals surface area (Å²) in [5.41, 5.74) is 0.137. The third-order valence-corrected chi connectivity index (χ3v) is 10.1. The summed E-state index contributed by atoms with van der Waals surface area (Å²) < 4.78 is 54.5. The second-order valence-corrected chi connectivity index (χ2v) is 13.6. The van der Waals surface area contributed by atoms with Gasteiger partial charge in [-0.25, -0.2) is 0 Å². The number of carbonyl (C=O) groups excluding carboxylic acids is 1. The van der Waals surface area contributed by atoms with Gasteiger partial charge in [-0.3, -0.25) is 4.79 Å². The molecule has 4 saturated carbocycles. The Bertz CT molecular complexity index is 1200. The standard InChI is InChI=1S/C33H44F3NO3/c1-5-39-29(38)31-14-17-32(18-15-31,19-16-31)37-21-22-6-12-26-23(20-22)7-13-27(28(26)33(34,35)36)40-25-10-8-24(9-11-25)30(2,3)4/h6-7,12-13,20,24-25,37H,5,8-11,14-19,21H2,1-4H3. The highest BCUT2D eigenvalue weighted by molar-refractivity contribution is 5.89.